The molecule has 3 rings (SSSR count). The number of amides is 1. The van der Waals surface area contributed by atoms with E-state index in [1.54, 1.807) is 24.8 Å². The van der Waals surface area contributed by atoms with Crippen LogP contribution in [0.15, 0.2) is 22.7 Å². The molecule has 26 heavy (non-hydrogen) atoms. The van der Waals surface area contributed by atoms with Gasteiger partial charge in [0.15, 0.2) is 5.69 Å². The largest absolute Gasteiger partial charge is 0.466 e. The first-order chi connectivity index (χ1) is 12.3. The summed E-state index contributed by atoms with van der Waals surface area (Å²) in [5.41, 5.74) is -0.400. The molecule has 0 aromatic carbocycles. The number of carbonyl (C=O) groups excluding carboxylic acids is 1. The minimum atomic E-state index is -4.46. The van der Waals surface area contributed by atoms with Crippen molar-refractivity contribution in [2.24, 2.45) is 0 Å². The third-order valence-electron chi connectivity index (χ3n) is 4.80. The highest BCUT2D eigenvalue weighted by Crippen LogP contribution is 2.28. The lowest BCUT2D eigenvalue weighted by atomic mass is 10.1. The monoisotopic (exact) mass is 369 g/mol. The zero-order chi connectivity index (χ0) is 18.9. The number of carbonyl (C=O) groups is 1. The Kier molecular flexibility index (Phi) is 5.11. The summed E-state index contributed by atoms with van der Waals surface area (Å²) in [6.45, 7) is 4.06. The summed E-state index contributed by atoms with van der Waals surface area (Å²) >= 11 is 0. The van der Waals surface area contributed by atoms with Crippen LogP contribution in [0, 0.1) is 13.8 Å². The van der Waals surface area contributed by atoms with Crippen molar-refractivity contribution in [2.45, 2.75) is 58.3 Å². The van der Waals surface area contributed by atoms with E-state index in [9.17, 15) is 18.0 Å². The van der Waals surface area contributed by atoms with E-state index in [0.717, 1.165) is 31.7 Å². The molecule has 0 saturated heterocycles. The molecule has 8 heteroatoms. The van der Waals surface area contributed by atoms with Gasteiger partial charge in [0.25, 0.3) is 5.91 Å². The Morgan fingerprint density at radius 1 is 1.35 bits per heavy atom. The van der Waals surface area contributed by atoms with Gasteiger partial charge in [-0.1, -0.05) is 12.8 Å². The Bertz CT molecular complexity index is 773. The van der Waals surface area contributed by atoms with E-state index in [4.69, 9.17) is 4.42 Å². The highest BCUT2D eigenvalue weighted by atomic mass is 19.4. The molecule has 0 unspecified atom stereocenters. The summed E-state index contributed by atoms with van der Waals surface area (Å²) in [4.78, 5) is 14.8. The molecule has 5 nitrogen and oxygen atoms in total. The van der Waals surface area contributed by atoms with Crippen LogP contribution in [0.5, 0.6) is 0 Å². The Labute approximate surface area is 149 Å². The second-order valence-corrected chi connectivity index (χ2v) is 6.73. The smallest absolute Gasteiger partial charge is 0.435 e. The van der Waals surface area contributed by atoms with Crippen LogP contribution in [0.25, 0.3) is 0 Å². The van der Waals surface area contributed by atoms with E-state index >= 15 is 0 Å². The van der Waals surface area contributed by atoms with Crippen molar-refractivity contribution < 1.29 is 22.4 Å². The molecule has 2 heterocycles. The van der Waals surface area contributed by atoms with Crippen molar-refractivity contribution in [1.29, 1.82) is 0 Å². The van der Waals surface area contributed by atoms with Gasteiger partial charge in [-0.05, 0) is 38.8 Å². The first kappa shape index (κ1) is 18.5. The molecule has 1 aliphatic carbocycles. The van der Waals surface area contributed by atoms with Gasteiger partial charge >= 0.3 is 6.18 Å². The summed E-state index contributed by atoms with van der Waals surface area (Å²) in [7, 11) is 0. The fourth-order valence-electron chi connectivity index (χ4n) is 3.51. The number of hydrogen-bond acceptors (Lipinski definition) is 3. The minimum absolute atomic E-state index is 0.106. The van der Waals surface area contributed by atoms with E-state index < -0.39 is 11.9 Å². The van der Waals surface area contributed by atoms with Crippen LogP contribution in [0.2, 0.25) is 0 Å². The molecule has 0 atom stereocenters. The zero-order valence-electron chi connectivity index (χ0n) is 14.8. The predicted molar refractivity (Wildman–Crippen MR) is 88.7 cm³/mol. The quantitative estimate of drug-likeness (QED) is 0.794. The van der Waals surface area contributed by atoms with E-state index in [0.29, 0.717) is 23.6 Å². The summed E-state index contributed by atoms with van der Waals surface area (Å²) in [5.74, 6) is 1.10. The highest BCUT2D eigenvalue weighted by molar-refractivity contribution is 5.95. The van der Waals surface area contributed by atoms with Crippen LogP contribution in [0.3, 0.4) is 0 Å². The third kappa shape index (κ3) is 3.94. The molecule has 142 valence electrons. The van der Waals surface area contributed by atoms with Crippen molar-refractivity contribution in [3.8, 4) is 0 Å². The molecule has 1 amide bonds. The van der Waals surface area contributed by atoms with E-state index in [1.165, 1.54) is 10.9 Å². The molecule has 1 saturated carbocycles. The molecular weight excluding hydrogens is 347 g/mol. The van der Waals surface area contributed by atoms with Crippen molar-refractivity contribution in [3.05, 3.63) is 41.1 Å². The average molecular weight is 369 g/mol. The fourth-order valence-corrected chi connectivity index (χ4v) is 3.51. The van der Waals surface area contributed by atoms with E-state index in [1.807, 2.05) is 0 Å². The van der Waals surface area contributed by atoms with Crippen molar-refractivity contribution in [3.63, 3.8) is 0 Å². The number of furan rings is 1. The second-order valence-electron chi connectivity index (χ2n) is 6.73. The van der Waals surface area contributed by atoms with Gasteiger partial charge in [-0.2, -0.15) is 18.3 Å². The van der Waals surface area contributed by atoms with Crippen LogP contribution in [0.4, 0.5) is 13.2 Å². The summed E-state index contributed by atoms with van der Waals surface area (Å²) in [6.07, 6.45) is 0.768. The van der Waals surface area contributed by atoms with Crippen LogP contribution < -0.4 is 0 Å². The maximum absolute atomic E-state index is 13.0. The van der Waals surface area contributed by atoms with Crippen LogP contribution in [-0.4, -0.2) is 33.2 Å². The number of alkyl halides is 3. The number of aryl methyl sites for hydroxylation is 2. The molecule has 0 bridgehead atoms. The maximum Gasteiger partial charge on any atom is 0.435 e. The standard InChI is InChI=1S/C18H22F3N3O2/c1-12-11-15(13(2)26-12)17(25)24(14-5-3-4-6-14)10-9-23-8-7-16(22-23)18(19,20)21/h7-8,11,14H,3-6,9-10H2,1-2H3. The van der Waals surface area contributed by atoms with Gasteiger partial charge in [0, 0.05) is 18.8 Å². The normalized spacial score (nSPS) is 15.6. The maximum atomic E-state index is 13.0. The Hall–Kier alpha value is -2.25. The Balaban J connectivity index is 1.75. The van der Waals surface area contributed by atoms with Gasteiger partial charge in [0.05, 0.1) is 12.1 Å². The molecular formula is C18H22F3N3O2. The molecule has 2 aromatic heterocycles. The predicted octanol–water partition coefficient (Wildman–Crippen LogP) is 4.20. The number of hydrogen-bond donors (Lipinski definition) is 0. The van der Waals surface area contributed by atoms with Crippen molar-refractivity contribution in [1.82, 2.24) is 14.7 Å². The van der Waals surface area contributed by atoms with Crippen LogP contribution in [0.1, 0.15) is 53.3 Å². The molecule has 2 aromatic rings. The number of nitrogens with zero attached hydrogens (tertiary/aromatic N) is 3. The Morgan fingerprint density at radius 3 is 2.58 bits per heavy atom. The summed E-state index contributed by atoms with van der Waals surface area (Å²) in [5, 5.41) is 3.57. The number of halogens is 3. The molecule has 0 aliphatic heterocycles. The first-order valence-electron chi connectivity index (χ1n) is 8.74. The van der Waals surface area contributed by atoms with E-state index in [-0.39, 0.29) is 18.5 Å². The van der Waals surface area contributed by atoms with Crippen LogP contribution in [-0.2, 0) is 12.7 Å². The number of rotatable bonds is 5. The molecule has 1 fully saturated rings. The summed E-state index contributed by atoms with van der Waals surface area (Å²) in [6, 6.07) is 2.77. The van der Waals surface area contributed by atoms with Crippen molar-refractivity contribution in [2.75, 3.05) is 6.54 Å². The van der Waals surface area contributed by atoms with Gasteiger partial charge in [-0.3, -0.25) is 9.48 Å². The van der Waals surface area contributed by atoms with E-state index in [2.05, 4.69) is 5.10 Å². The highest BCUT2D eigenvalue weighted by Gasteiger charge is 2.34. The molecule has 1 aliphatic rings. The Morgan fingerprint density at radius 2 is 2.04 bits per heavy atom. The topological polar surface area (TPSA) is 51.3 Å². The fraction of sp³-hybridized carbons (Fsp3) is 0.556. The van der Waals surface area contributed by atoms with Crippen LogP contribution >= 0.6 is 0 Å². The molecule has 0 spiro atoms. The average Bonchev–Trinajstić information content (AvgIpc) is 3.27. The zero-order valence-corrected chi connectivity index (χ0v) is 14.8. The molecule has 0 N–H and O–H groups in total. The van der Waals surface area contributed by atoms with Gasteiger partial charge in [-0.25, -0.2) is 0 Å². The van der Waals surface area contributed by atoms with Gasteiger partial charge in [0.2, 0.25) is 0 Å². The van der Waals surface area contributed by atoms with Gasteiger partial charge < -0.3 is 9.32 Å². The van der Waals surface area contributed by atoms with Gasteiger partial charge in [0.1, 0.15) is 11.5 Å². The number of aromatic nitrogens is 2. The lowest BCUT2D eigenvalue weighted by Crippen LogP contribution is -2.41. The SMILES string of the molecule is Cc1cc(C(=O)N(CCn2ccc(C(F)(F)F)n2)C2CCCC2)c(C)o1. The first-order valence-corrected chi connectivity index (χ1v) is 8.74. The van der Waals surface area contributed by atoms with Gasteiger partial charge in [-0.15, -0.1) is 0 Å². The lowest BCUT2D eigenvalue weighted by Gasteiger charge is -2.29. The molecule has 0 radical (unpaired) electrons. The van der Waals surface area contributed by atoms with Crippen molar-refractivity contribution >= 4 is 5.91 Å². The second kappa shape index (κ2) is 7.17. The summed E-state index contributed by atoms with van der Waals surface area (Å²) < 4.78 is 44.8. The lowest BCUT2D eigenvalue weighted by molar-refractivity contribution is -0.141. The minimum Gasteiger partial charge on any atom is -0.466 e. The third-order valence-corrected chi connectivity index (χ3v) is 4.80.